The molecule has 1 amide bonds. The van der Waals surface area contributed by atoms with E-state index in [1.165, 1.54) is 16.0 Å². The number of carbonyl (C=O) groups is 1. The maximum absolute atomic E-state index is 12.1. The van der Waals surface area contributed by atoms with E-state index in [1.807, 2.05) is 18.9 Å². The Hall–Kier alpha value is -0.910. The summed E-state index contributed by atoms with van der Waals surface area (Å²) in [4.78, 5) is 15.4. The first-order chi connectivity index (χ1) is 9.88. The van der Waals surface area contributed by atoms with Gasteiger partial charge in [0.05, 0.1) is 17.6 Å². The van der Waals surface area contributed by atoms with Gasteiger partial charge in [0.25, 0.3) is 0 Å². The first kappa shape index (κ1) is 16.5. The second-order valence-corrected chi connectivity index (χ2v) is 7.47. The van der Waals surface area contributed by atoms with Crippen LogP contribution in [0.1, 0.15) is 35.3 Å². The Labute approximate surface area is 131 Å². The molecular weight excluding hydrogens is 284 g/mol. The third-order valence-electron chi connectivity index (χ3n) is 4.52. The van der Waals surface area contributed by atoms with Crippen LogP contribution in [0.2, 0.25) is 0 Å². The molecule has 1 fully saturated rings. The number of hydrogen-bond donors (Lipinski definition) is 2. The highest BCUT2D eigenvalue weighted by Crippen LogP contribution is 2.31. The number of hydrogen-bond acceptors (Lipinski definition) is 4. The molecule has 21 heavy (non-hydrogen) atoms. The molecule has 1 saturated carbocycles. The Balaban J connectivity index is 1.85. The van der Waals surface area contributed by atoms with Gasteiger partial charge in [-0.2, -0.15) is 0 Å². The summed E-state index contributed by atoms with van der Waals surface area (Å²) in [6.07, 6.45) is 2.87. The van der Waals surface area contributed by atoms with Gasteiger partial charge < -0.3 is 10.4 Å². The first-order valence-electron chi connectivity index (χ1n) is 7.61. The minimum absolute atomic E-state index is 0.0225. The van der Waals surface area contributed by atoms with Crippen LogP contribution in [0, 0.1) is 26.7 Å². The molecule has 1 heterocycles. The monoisotopic (exact) mass is 310 g/mol. The maximum atomic E-state index is 12.1. The number of nitrogens with zero attached hydrogens (tertiary/aromatic N) is 1. The molecule has 0 spiro atoms. The summed E-state index contributed by atoms with van der Waals surface area (Å²) in [5, 5.41) is 13.8. The van der Waals surface area contributed by atoms with Crippen molar-refractivity contribution in [2.75, 3.05) is 25.5 Å². The summed E-state index contributed by atoms with van der Waals surface area (Å²) >= 11 is 1.64. The van der Waals surface area contributed by atoms with E-state index in [-0.39, 0.29) is 12.0 Å². The molecule has 1 aliphatic rings. The zero-order valence-corrected chi connectivity index (χ0v) is 14.2. The third kappa shape index (κ3) is 4.05. The molecule has 2 unspecified atom stereocenters. The number of aliphatic hydroxyl groups excluding tert-OH is 1. The van der Waals surface area contributed by atoms with Crippen LogP contribution < -0.4 is 5.32 Å². The maximum Gasteiger partial charge on any atom is 0.239 e. The fourth-order valence-electron chi connectivity index (χ4n) is 2.97. The van der Waals surface area contributed by atoms with Crippen molar-refractivity contribution in [2.45, 2.75) is 46.1 Å². The molecule has 2 rings (SSSR count). The summed E-state index contributed by atoms with van der Waals surface area (Å²) in [5.41, 5.74) is 2.43. The van der Waals surface area contributed by atoms with Gasteiger partial charge in [0.1, 0.15) is 0 Å². The standard InChI is InChI=1S/C16H26N2O2S/c1-10-11(2)16(21-12(10)3)17-15(20)9-18(4)8-13-6-5-7-14(13)19/h13-14,19H,5-9H2,1-4H3,(H,17,20). The first-order valence-corrected chi connectivity index (χ1v) is 8.43. The van der Waals surface area contributed by atoms with E-state index < -0.39 is 0 Å². The molecule has 1 aromatic rings. The Morgan fingerprint density at radius 3 is 2.57 bits per heavy atom. The van der Waals surface area contributed by atoms with Gasteiger partial charge in [-0.3, -0.25) is 9.69 Å². The highest BCUT2D eigenvalue weighted by atomic mass is 32.1. The lowest BCUT2D eigenvalue weighted by Crippen LogP contribution is -2.35. The lowest BCUT2D eigenvalue weighted by atomic mass is 10.1. The molecule has 1 aromatic heterocycles. The van der Waals surface area contributed by atoms with Gasteiger partial charge in [-0.25, -0.2) is 0 Å². The number of aliphatic hydroxyl groups is 1. The molecule has 0 saturated heterocycles. The molecule has 2 atom stereocenters. The molecule has 0 bridgehead atoms. The number of carbonyl (C=O) groups excluding carboxylic acids is 1. The number of amides is 1. The molecule has 0 aliphatic heterocycles. The molecule has 1 aliphatic carbocycles. The summed E-state index contributed by atoms with van der Waals surface area (Å²) in [7, 11) is 1.95. The van der Waals surface area contributed by atoms with Crippen LogP contribution in [0.4, 0.5) is 5.00 Å². The van der Waals surface area contributed by atoms with Crippen LogP contribution in [0.25, 0.3) is 0 Å². The Kier molecular flexibility index (Phi) is 5.41. The number of likely N-dealkylation sites (N-methyl/N-ethyl adjacent to an activating group) is 1. The van der Waals surface area contributed by atoms with Gasteiger partial charge in [-0.15, -0.1) is 11.3 Å². The smallest absolute Gasteiger partial charge is 0.239 e. The largest absolute Gasteiger partial charge is 0.393 e. The third-order valence-corrected chi connectivity index (χ3v) is 5.74. The summed E-state index contributed by atoms with van der Waals surface area (Å²) in [6, 6.07) is 0. The molecular formula is C16H26N2O2S. The molecule has 2 N–H and O–H groups in total. The predicted molar refractivity (Wildman–Crippen MR) is 88.0 cm³/mol. The van der Waals surface area contributed by atoms with Crippen LogP contribution in [0.15, 0.2) is 0 Å². The molecule has 118 valence electrons. The summed E-state index contributed by atoms with van der Waals surface area (Å²) < 4.78 is 0. The van der Waals surface area contributed by atoms with Crippen molar-refractivity contribution in [1.82, 2.24) is 4.90 Å². The number of aryl methyl sites for hydroxylation is 1. The minimum atomic E-state index is -0.194. The van der Waals surface area contributed by atoms with Gasteiger partial charge >= 0.3 is 0 Å². The molecule has 5 heteroatoms. The second-order valence-electron chi connectivity index (χ2n) is 6.24. The minimum Gasteiger partial charge on any atom is -0.393 e. The van der Waals surface area contributed by atoms with Crippen LogP contribution in [0.5, 0.6) is 0 Å². The van der Waals surface area contributed by atoms with Gasteiger partial charge in [0, 0.05) is 11.4 Å². The Morgan fingerprint density at radius 1 is 1.33 bits per heavy atom. The number of anilines is 1. The zero-order chi connectivity index (χ0) is 15.6. The molecule has 4 nitrogen and oxygen atoms in total. The van der Waals surface area contributed by atoms with Crippen molar-refractivity contribution in [3.63, 3.8) is 0 Å². The highest BCUT2D eigenvalue weighted by Gasteiger charge is 2.26. The van der Waals surface area contributed by atoms with Crippen LogP contribution >= 0.6 is 11.3 Å². The van der Waals surface area contributed by atoms with Crippen molar-refractivity contribution >= 4 is 22.2 Å². The van der Waals surface area contributed by atoms with Crippen LogP contribution in [0.3, 0.4) is 0 Å². The fraction of sp³-hybridized carbons (Fsp3) is 0.688. The van der Waals surface area contributed by atoms with Gasteiger partial charge in [-0.1, -0.05) is 6.42 Å². The molecule has 0 aromatic carbocycles. The van der Waals surface area contributed by atoms with Gasteiger partial charge in [-0.05, 0) is 57.7 Å². The molecule has 0 radical (unpaired) electrons. The Bertz CT molecular complexity index is 513. The summed E-state index contributed by atoms with van der Waals surface area (Å²) in [6.45, 7) is 7.38. The Morgan fingerprint density at radius 2 is 2.05 bits per heavy atom. The van der Waals surface area contributed by atoms with Crippen molar-refractivity contribution in [1.29, 1.82) is 0 Å². The second kappa shape index (κ2) is 6.90. The van der Waals surface area contributed by atoms with Gasteiger partial charge in [0.15, 0.2) is 0 Å². The van der Waals surface area contributed by atoms with E-state index in [0.717, 1.165) is 30.8 Å². The van der Waals surface area contributed by atoms with Crippen LogP contribution in [-0.2, 0) is 4.79 Å². The van der Waals surface area contributed by atoms with E-state index in [0.29, 0.717) is 12.5 Å². The van der Waals surface area contributed by atoms with Crippen molar-refractivity contribution < 1.29 is 9.90 Å². The highest BCUT2D eigenvalue weighted by molar-refractivity contribution is 7.16. The van der Waals surface area contributed by atoms with E-state index in [4.69, 9.17) is 0 Å². The van der Waals surface area contributed by atoms with Gasteiger partial charge in [0.2, 0.25) is 5.91 Å². The van der Waals surface area contributed by atoms with E-state index in [1.54, 1.807) is 11.3 Å². The van der Waals surface area contributed by atoms with E-state index in [2.05, 4.69) is 19.2 Å². The number of nitrogens with one attached hydrogen (secondary N) is 1. The van der Waals surface area contributed by atoms with Crippen molar-refractivity contribution in [3.05, 3.63) is 16.0 Å². The summed E-state index contributed by atoms with van der Waals surface area (Å²) in [5.74, 6) is 0.338. The number of thiophene rings is 1. The quantitative estimate of drug-likeness (QED) is 0.879. The normalized spacial score (nSPS) is 22.0. The topological polar surface area (TPSA) is 52.6 Å². The average Bonchev–Trinajstić information content (AvgIpc) is 2.90. The van der Waals surface area contributed by atoms with E-state index >= 15 is 0 Å². The van der Waals surface area contributed by atoms with Crippen molar-refractivity contribution in [2.24, 2.45) is 5.92 Å². The van der Waals surface area contributed by atoms with Crippen LogP contribution in [-0.4, -0.2) is 42.2 Å². The van der Waals surface area contributed by atoms with E-state index in [9.17, 15) is 9.90 Å². The zero-order valence-electron chi connectivity index (χ0n) is 13.4. The lowest BCUT2D eigenvalue weighted by Gasteiger charge is -2.22. The number of rotatable bonds is 5. The SMILES string of the molecule is Cc1sc(NC(=O)CN(C)CC2CCCC2O)c(C)c1C. The average molecular weight is 310 g/mol. The van der Waals surface area contributed by atoms with Crippen molar-refractivity contribution in [3.8, 4) is 0 Å². The predicted octanol–water partition coefficient (Wildman–Crippen LogP) is 2.70. The fourth-order valence-corrected chi connectivity index (χ4v) is 4.05. The lowest BCUT2D eigenvalue weighted by molar-refractivity contribution is -0.117.